The summed E-state index contributed by atoms with van der Waals surface area (Å²) in [5.41, 5.74) is 0.835. The van der Waals surface area contributed by atoms with Crippen LogP contribution in [0.4, 0.5) is 5.69 Å². The highest BCUT2D eigenvalue weighted by molar-refractivity contribution is 7.92. The van der Waals surface area contributed by atoms with Gasteiger partial charge in [0.2, 0.25) is 5.88 Å². The maximum absolute atomic E-state index is 12.9. The maximum atomic E-state index is 12.9. The molecule has 112 valence electrons. The van der Waals surface area contributed by atoms with Crippen molar-refractivity contribution in [3.63, 3.8) is 0 Å². The number of fused-ring (bicyclic) bond motifs is 1. The lowest BCUT2D eigenvalue weighted by atomic mass is 10.2. The van der Waals surface area contributed by atoms with Gasteiger partial charge in [-0.1, -0.05) is 0 Å². The molecule has 1 aliphatic rings. The van der Waals surface area contributed by atoms with Crippen LogP contribution in [0, 0.1) is 11.3 Å². The number of hydrogen-bond donors (Lipinski definition) is 0. The molecule has 1 atom stereocenters. The van der Waals surface area contributed by atoms with Gasteiger partial charge in [0.1, 0.15) is 11.8 Å². The number of rotatable bonds is 2. The summed E-state index contributed by atoms with van der Waals surface area (Å²) in [6, 6.07) is 11.1. The van der Waals surface area contributed by atoms with Gasteiger partial charge in [0.05, 0.1) is 23.1 Å². The molecule has 0 bridgehead atoms. The van der Waals surface area contributed by atoms with Crippen molar-refractivity contribution in [3.05, 3.63) is 48.2 Å². The van der Waals surface area contributed by atoms with E-state index in [1.165, 1.54) is 28.6 Å². The molecule has 0 aliphatic carbocycles. The molecule has 0 saturated carbocycles. The molecular formula is C15H13N3O3S. The molecule has 0 radical (unpaired) electrons. The van der Waals surface area contributed by atoms with Gasteiger partial charge in [0, 0.05) is 6.20 Å². The van der Waals surface area contributed by atoms with Gasteiger partial charge in [0.25, 0.3) is 10.0 Å². The lowest BCUT2D eigenvalue weighted by Crippen LogP contribution is -2.42. The highest BCUT2D eigenvalue weighted by Gasteiger charge is 2.33. The average Bonchev–Trinajstić information content (AvgIpc) is 2.54. The van der Waals surface area contributed by atoms with Gasteiger partial charge in [-0.15, -0.1) is 0 Å². The zero-order valence-corrected chi connectivity index (χ0v) is 12.6. The number of benzene rings is 1. The van der Waals surface area contributed by atoms with E-state index in [1.807, 2.05) is 6.07 Å². The fourth-order valence-electron chi connectivity index (χ4n) is 2.28. The third-order valence-electron chi connectivity index (χ3n) is 3.33. The minimum Gasteiger partial charge on any atom is -0.471 e. The van der Waals surface area contributed by atoms with Crippen LogP contribution in [0.3, 0.4) is 0 Å². The molecule has 3 rings (SSSR count). The normalized spacial score (nSPS) is 17.3. The fraction of sp³-hybridized carbons (Fsp3) is 0.200. The van der Waals surface area contributed by atoms with E-state index >= 15 is 0 Å². The Balaban J connectivity index is 2.07. The highest BCUT2D eigenvalue weighted by atomic mass is 32.2. The van der Waals surface area contributed by atoms with Crippen molar-refractivity contribution in [1.82, 2.24) is 4.98 Å². The molecule has 7 heteroatoms. The second-order valence-corrected chi connectivity index (χ2v) is 6.79. The molecule has 2 heterocycles. The van der Waals surface area contributed by atoms with Gasteiger partial charge in [-0.2, -0.15) is 5.26 Å². The second-order valence-electron chi connectivity index (χ2n) is 4.93. The lowest BCUT2D eigenvalue weighted by Gasteiger charge is -2.33. The van der Waals surface area contributed by atoms with Gasteiger partial charge >= 0.3 is 0 Å². The first-order valence-corrected chi connectivity index (χ1v) is 8.11. The van der Waals surface area contributed by atoms with Gasteiger partial charge in [0.15, 0.2) is 0 Å². The summed E-state index contributed by atoms with van der Waals surface area (Å²) in [7, 11) is -3.73. The summed E-state index contributed by atoms with van der Waals surface area (Å²) < 4.78 is 32.6. The van der Waals surface area contributed by atoms with Gasteiger partial charge < -0.3 is 4.74 Å². The summed E-state index contributed by atoms with van der Waals surface area (Å²) >= 11 is 0. The zero-order chi connectivity index (χ0) is 15.7. The Kier molecular flexibility index (Phi) is 3.47. The van der Waals surface area contributed by atoms with Crippen molar-refractivity contribution in [3.8, 4) is 11.9 Å². The van der Waals surface area contributed by atoms with Crippen molar-refractivity contribution in [1.29, 1.82) is 5.26 Å². The summed E-state index contributed by atoms with van der Waals surface area (Å²) in [6.45, 7) is 2.00. The van der Waals surface area contributed by atoms with Crippen LogP contribution in [-0.4, -0.2) is 26.1 Å². The van der Waals surface area contributed by atoms with Crippen LogP contribution in [0.2, 0.25) is 0 Å². The SMILES string of the molecule is CC1CN(S(=O)(=O)c2ccc(C#N)cc2)c2cccnc2O1. The summed E-state index contributed by atoms with van der Waals surface area (Å²) in [6.07, 6.45) is 1.26. The van der Waals surface area contributed by atoms with Crippen molar-refractivity contribution in [2.24, 2.45) is 0 Å². The molecule has 1 aromatic heterocycles. The summed E-state index contributed by atoms with van der Waals surface area (Å²) in [4.78, 5) is 4.22. The molecular weight excluding hydrogens is 302 g/mol. The largest absolute Gasteiger partial charge is 0.471 e. The van der Waals surface area contributed by atoms with Crippen molar-refractivity contribution in [2.75, 3.05) is 10.8 Å². The first-order valence-electron chi connectivity index (χ1n) is 6.67. The minimum absolute atomic E-state index is 0.135. The Hall–Kier alpha value is -2.59. The molecule has 6 nitrogen and oxygen atoms in total. The first-order chi connectivity index (χ1) is 10.5. The molecule has 2 aromatic rings. The summed E-state index contributed by atoms with van der Waals surface area (Å²) in [5.74, 6) is 0.304. The molecule has 0 spiro atoms. The predicted molar refractivity (Wildman–Crippen MR) is 80.0 cm³/mol. The van der Waals surface area contributed by atoms with Gasteiger partial charge in [-0.05, 0) is 43.3 Å². The van der Waals surface area contributed by atoms with Crippen LogP contribution in [0.15, 0.2) is 47.5 Å². The van der Waals surface area contributed by atoms with Crippen LogP contribution < -0.4 is 9.04 Å². The number of pyridine rings is 1. The third-order valence-corrected chi connectivity index (χ3v) is 5.12. The topological polar surface area (TPSA) is 83.3 Å². The fourth-order valence-corrected chi connectivity index (χ4v) is 3.82. The van der Waals surface area contributed by atoms with Crippen molar-refractivity contribution >= 4 is 15.7 Å². The second kappa shape index (κ2) is 5.31. The van der Waals surface area contributed by atoms with E-state index in [9.17, 15) is 8.42 Å². The number of anilines is 1. The van der Waals surface area contributed by atoms with E-state index in [0.29, 0.717) is 17.1 Å². The highest BCUT2D eigenvalue weighted by Crippen LogP contribution is 2.34. The van der Waals surface area contributed by atoms with Crippen molar-refractivity contribution in [2.45, 2.75) is 17.9 Å². The average molecular weight is 315 g/mol. The molecule has 0 saturated heterocycles. The third kappa shape index (κ3) is 2.38. The molecule has 0 amide bonds. The Labute approximate surface area is 128 Å². The Morgan fingerprint density at radius 1 is 1.32 bits per heavy atom. The number of ether oxygens (including phenoxy) is 1. The molecule has 1 aliphatic heterocycles. The van der Waals surface area contributed by atoms with E-state index in [4.69, 9.17) is 10.00 Å². The van der Waals surface area contributed by atoms with Crippen LogP contribution >= 0.6 is 0 Å². The predicted octanol–water partition coefficient (Wildman–Crippen LogP) is 1.93. The number of hydrogen-bond acceptors (Lipinski definition) is 5. The van der Waals surface area contributed by atoms with Crippen LogP contribution in [0.25, 0.3) is 0 Å². The molecule has 22 heavy (non-hydrogen) atoms. The van der Waals surface area contributed by atoms with E-state index in [-0.39, 0.29) is 17.5 Å². The molecule has 1 unspecified atom stereocenters. The smallest absolute Gasteiger partial charge is 0.264 e. The Morgan fingerprint density at radius 3 is 2.73 bits per heavy atom. The van der Waals surface area contributed by atoms with E-state index in [0.717, 1.165) is 0 Å². The lowest BCUT2D eigenvalue weighted by molar-refractivity contribution is 0.210. The number of sulfonamides is 1. The van der Waals surface area contributed by atoms with Crippen LogP contribution in [0.1, 0.15) is 12.5 Å². The Bertz CT molecular complexity index is 841. The van der Waals surface area contributed by atoms with E-state index in [2.05, 4.69) is 4.98 Å². The maximum Gasteiger partial charge on any atom is 0.264 e. The zero-order valence-electron chi connectivity index (χ0n) is 11.8. The molecule has 1 aromatic carbocycles. The number of nitriles is 1. The molecule has 0 fully saturated rings. The quantitative estimate of drug-likeness (QED) is 0.845. The monoisotopic (exact) mass is 315 g/mol. The van der Waals surface area contributed by atoms with Crippen LogP contribution in [-0.2, 0) is 10.0 Å². The van der Waals surface area contributed by atoms with Gasteiger partial charge in [-0.25, -0.2) is 13.4 Å². The van der Waals surface area contributed by atoms with E-state index in [1.54, 1.807) is 25.3 Å². The van der Waals surface area contributed by atoms with Crippen molar-refractivity contribution < 1.29 is 13.2 Å². The summed E-state index contributed by atoms with van der Waals surface area (Å²) in [5, 5.41) is 8.81. The number of nitrogens with zero attached hydrogens (tertiary/aromatic N) is 3. The van der Waals surface area contributed by atoms with E-state index < -0.39 is 10.0 Å². The molecule has 0 N–H and O–H groups in total. The number of aromatic nitrogens is 1. The minimum atomic E-state index is -3.73. The van der Waals surface area contributed by atoms with Crippen LogP contribution in [0.5, 0.6) is 5.88 Å². The Morgan fingerprint density at radius 2 is 2.05 bits per heavy atom. The van der Waals surface area contributed by atoms with Gasteiger partial charge in [-0.3, -0.25) is 4.31 Å². The standard InChI is InChI=1S/C15H13N3O3S/c1-11-10-18(14-3-2-8-17-15(14)21-11)22(19,20)13-6-4-12(9-16)5-7-13/h2-8,11H,10H2,1H3. The first kappa shape index (κ1) is 14.4.